The first-order valence-corrected chi connectivity index (χ1v) is 9.59. The Hall–Kier alpha value is -3.02. The molecule has 0 fully saturated rings. The molecule has 0 spiro atoms. The summed E-state index contributed by atoms with van der Waals surface area (Å²) in [5, 5.41) is 11.8. The van der Waals surface area contributed by atoms with Gasteiger partial charge in [0, 0.05) is 28.5 Å². The van der Waals surface area contributed by atoms with E-state index in [1.165, 1.54) is 17.3 Å². The van der Waals surface area contributed by atoms with Crippen molar-refractivity contribution < 1.29 is 14.7 Å². The van der Waals surface area contributed by atoms with E-state index in [9.17, 15) is 14.7 Å². The highest BCUT2D eigenvalue weighted by Crippen LogP contribution is 2.44. The molecule has 4 rings (SSSR count). The number of carbonyl (C=O) groups excluding carboxylic acids is 2. The van der Waals surface area contributed by atoms with E-state index in [0.717, 1.165) is 11.1 Å². The fraction of sp³-hybridized carbons (Fsp3) is 0.174. The number of hydrogen-bond acceptors (Lipinski definition) is 4. The van der Waals surface area contributed by atoms with E-state index in [2.05, 4.69) is 4.98 Å². The number of rotatable bonds is 5. The zero-order chi connectivity index (χ0) is 20.6. The maximum atomic E-state index is 13.3. The molecule has 1 aromatic heterocycles. The summed E-state index contributed by atoms with van der Waals surface area (Å²) in [7, 11) is 0. The number of pyridine rings is 1. The molecule has 6 heteroatoms. The van der Waals surface area contributed by atoms with Crippen molar-refractivity contribution in [2.45, 2.75) is 25.5 Å². The Bertz CT molecular complexity index is 1080. The molecule has 0 aliphatic carbocycles. The minimum absolute atomic E-state index is 0.291. The van der Waals surface area contributed by atoms with Crippen LogP contribution in [0.3, 0.4) is 0 Å². The number of carbonyl (C=O) groups is 2. The number of aromatic nitrogens is 1. The number of fused-ring (bicyclic) bond motifs is 1. The lowest BCUT2D eigenvalue weighted by Crippen LogP contribution is -2.41. The van der Waals surface area contributed by atoms with E-state index in [1.54, 1.807) is 30.3 Å². The summed E-state index contributed by atoms with van der Waals surface area (Å²) in [6.07, 6.45) is 2.64. The fourth-order valence-corrected chi connectivity index (χ4v) is 3.77. The van der Waals surface area contributed by atoms with E-state index < -0.39 is 11.5 Å². The molecule has 1 aliphatic heterocycles. The van der Waals surface area contributed by atoms with E-state index in [4.69, 9.17) is 11.6 Å². The lowest BCUT2D eigenvalue weighted by molar-refractivity contribution is -0.136. The molecular formula is C23H19ClN2O3. The number of halogens is 1. The van der Waals surface area contributed by atoms with Crippen LogP contribution in [0.5, 0.6) is 0 Å². The maximum Gasteiger partial charge on any atom is 0.264 e. The van der Waals surface area contributed by atoms with Gasteiger partial charge in [0.25, 0.3) is 5.91 Å². The fourth-order valence-electron chi connectivity index (χ4n) is 3.60. The average Bonchev–Trinajstić information content (AvgIpc) is 2.92. The van der Waals surface area contributed by atoms with Crippen molar-refractivity contribution in [2.75, 3.05) is 4.90 Å². The van der Waals surface area contributed by atoms with Crippen LogP contribution in [0.2, 0.25) is 5.02 Å². The van der Waals surface area contributed by atoms with Crippen molar-refractivity contribution in [1.82, 2.24) is 4.98 Å². The third-order valence-electron chi connectivity index (χ3n) is 5.17. The van der Waals surface area contributed by atoms with Crippen molar-refractivity contribution >= 4 is 29.0 Å². The van der Waals surface area contributed by atoms with Gasteiger partial charge in [0.15, 0.2) is 11.4 Å². The highest BCUT2D eigenvalue weighted by Gasteiger charge is 2.51. The zero-order valence-corrected chi connectivity index (χ0v) is 16.6. The van der Waals surface area contributed by atoms with Crippen molar-refractivity contribution in [3.05, 3.63) is 94.3 Å². The molecule has 0 bridgehead atoms. The van der Waals surface area contributed by atoms with Gasteiger partial charge in [-0.3, -0.25) is 14.6 Å². The van der Waals surface area contributed by atoms with Crippen LogP contribution in [0.4, 0.5) is 5.69 Å². The van der Waals surface area contributed by atoms with Gasteiger partial charge in [-0.1, -0.05) is 41.4 Å². The molecule has 1 amide bonds. The molecule has 0 radical (unpaired) electrons. The molecule has 0 saturated carbocycles. The van der Waals surface area contributed by atoms with Crippen LogP contribution in [0.15, 0.2) is 67.0 Å². The van der Waals surface area contributed by atoms with E-state index in [0.29, 0.717) is 28.4 Å². The molecule has 29 heavy (non-hydrogen) atoms. The third kappa shape index (κ3) is 3.55. The normalized spacial score (nSPS) is 18.0. The van der Waals surface area contributed by atoms with Gasteiger partial charge in [-0.25, -0.2) is 0 Å². The summed E-state index contributed by atoms with van der Waals surface area (Å²) in [5.41, 5.74) is 1.38. The van der Waals surface area contributed by atoms with Crippen LogP contribution < -0.4 is 4.90 Å². The largest absolute Gasteiger partial charge is 0.375 e. The first-order valence-electron chi connectivity index (χ1n) is 9.21. The van der Waals surface area contributed by atoms with Gasteiger partial charge in [-0.05, 0) is 42.8 Å². The second kappa shape index (κ2) is 7.43. The summed E-state index contributed by atoms with van der Waals surface area (Å²) in [5.74, 6) is -0.871. The Balaban J connectivity index is 1.71. The van der Waals surface area contributed by atoms with Gasteiger partial charge in [0.2, 0.25) is 0 Å². The van der Waals surface area contributed by atoms with Gasteiger partial charge in [-0.15, -0.1) is 0 Å². The number of benzene rings is 2. The second-order valence-electron chi connectivity index (χ2n) is 7.23. The first-order chi connectivity index (χ1) is 13.9. The molecule has 1 unspecified atom stereocenters. The predicted molar refractivity (Wildman–Crippen MR) is 111 cm³/mol. The van der Waals surface area contributed by atoms with Gasteiger partial charge in [-0.2, -0.15) is 0 Å². The number of Topliss-reactive ketones (excluding diaryl/α,β-unsaturated/α-hetero) is 1. The van der Waals surface area contributed by atoms with Gasteiger partial charge < -0.3 is 10.0 Å². The Labute approximate surface area is 173 Å². The molecule has 0 saturated heterocycles. The van der Waals surface area contributed by atoms with Crippen molar-refractivity contribution in [3.8, 4) is 0 Å². The maximum absolute atomic E-state index is 13.3. The average molecular weight is 407 g/mol. The Kier molecular flexibility index (Phi) is 4.94. The summed E-state index contributed by atoms with van der Waals surface area (Å²) in [6, 6.07) is 15.9. The molecule has 2 heterocycles. The van der Waals surface area contributed by atoms with E-state index in [-0.39, 0.29) is 12.2 Å². The lowest BCUT2D eigenvalue weighted by Gasteiger charge is -2.23. The van der Waals surface area contributed by atoms with Crippen LogP contribution in [-0.4, -0.2) is 21.8 Å². The number of anilines is 1. The summed E-state index contributed by atoms with van der Waals surface area (Å²) in [4.78, 5) is 31.5. The summed E-state index contributed by atoms with van der Waals surface area (Å²) in [6.45, 7) is 2.28. The van der Waals surface area contributed by atoms with Crippen LogP contribution in [0.25, 0.3) is 0 Å². The molecule has 2 aromatic carbocycles. The summed E-state index contributed by atoms with van der Waals surface area (Å²) >= 11 is 6.14. The standard InChI is InChI=1S/C23H19ClN2O3/c1-15-2-4-16(5-3-15)14-26-20-7-6-18(24)12-19(20)23(29,22(26)28)13-21(27)17-8-10-25-11-9-17/h2-12,29H,13-14H2,1H3. The Morgan fingerprint density at radius 1 is 1.10 bits per heavy atom. The van der Waals surface area contributed by atoms with Gasteiger partial charge in [0.05, 0.1) is 18.7 Å². The number of nitrogens with zero attached hydrogens (tertiary/aromatic N) is 2. The second-order valence-corrected chi connectivity index (χ2v) is 7.67. The molecule has 1 N–H and O–H groups in total. The van der Waals surface area contributed by atoms with E-state index >= 15 is 0 Å². The molecule has 3 aromatic rings. The minimum atomic E-state index is -1.97. The van der Waals surface area contributed by atoms with Crippen LogP contribution in [0.1, 0.15) is 33.5 Å². The van der Waals surface area contributed by atoms with E-state index in [1.807, 2.05) is 31.2 Å². The van der Waals surface area contributed by atoms with Crippen LogP contribution in [0, 0.1) is 6.92 Å². The quantitative estimate of drug-likeness (QED) is 0.649. The molecule has 1 aliphatic rings. The summed E-state index contributed by atoms with van der Waals surface area (Å²) < 4.78 is 0. The highest BCUT2D eigenvalue weighted by molar-refractivity contribution is 6.31. The topological polar surface area (TPSA) is 70.5 Å². The molecule has 1 atom stereocenters. The number of amides is 1. The zero-order valence-electron chi connectivity index (χ0n) is 15.8. The Morgan fingerprint density at radius 2 is 1.79 bits per heavy atom. The number of hydrogen-bond donors (Lipinski definition) is 1. The van der Waals surface area contributed by atoms with Crippen molar-refractivity contribution in [3.63, 3.8) is 0 Å². The predicted octanol–water partition coefficient (Wildman–Crippen LogP) is 4.05. The van der Waals surface area contributed by atoms with Crippen molar-refractivity contribution in [2.24, 2.45) is 0 Å². The van der Waals surface area contributed by atoms with Gasteiger partial charge in [0.1, 0.15) is 0 Å². The number of aliphatic hydroxyl groups is 1. The van der Waals surface area contributed by atoms with Crippen LogP contribution in [-0.2, 0) is 16.9 Å². The lowest BCUT2D eigenvalue weighted by atomic mass is 9.88. The highest BCUT2D eigenvalue weighted by atomic mass is 35.5. The number of ketones is 1. The SMILES string of the molecule is Cc1ccc(CN2C(=O)C(O)(CC(=O)c3ccncc3)c3cc(Cl)ccc32)cc1. The van der Waals surface area contributed by atoms with Crippen molar-refractivity contribution in [1.29, 1.82) is 0 Å². The molecular weight excluding hydrogens is 388 g/mol. The third-order valence-corrected chi connectivity index (χ3v) is 5.41. The van der Waals surface area contributed by atoms with Crippen LogP contribution >= 0.6 is 11.6 Å². The smallest absolute Gasteiger partial charge is 0.264 e. The Morgan fingerprint density at radius 3 is 2.48 bits per heavy atom. The monoisotopic (exact) mass is 406 g/mol. The molecule has 146 valence electrons. The number of aryl methyl sites for hydroxylation is 1. The van der Waals surface area contributed by atoms with Gasteiger partial charge >= 0.3 is 0 Å². The molecule has 5 nitrogen and oxygen atoms in total. The minimum Gasteiger partial charge on any atom is -0.375 e. The first kappa shape index (κ1) is 19.3.